The van der Waals surface area contributed by atoms with Crippen molar-refractivity contribution in [3.8, 4) is 0 Å². The van der Waals surface area contributed by atoms with Crippen molar-refractivity contribution >= 4 is 21.4 Å². The lowest BCUT2D eigenvalue weighted by Crippen LogP contribution is -2.02. The average molecular weight is 246 g/mol. The summed E-state index contributed by atoms with van der Waals surface area (Å²) in [4.78, 5) is 10.7. The maximum Gasteiger partial charge on any atom is 0.181 e. The van der Waals surface area contributed by atoms with Gasteiger partial charge < -0.3 is 0 Å². The van der Waals surface area contributed by atoms with Gasteiger partial charge in [-0.15, -0.1) is 0 Å². The molecule has 0 saturated heterocycles. The van der Waals surface area contributed by atoms with Gasteiger partial charge in [0.2, 0.25) is 0 Å². The zero-order valence-corrected chi connectivity index (χ0v) is 9.47. The predicted molar refractivity (Wildman–Crippen MR) is 56.8 cm³/mol. The Bertz CT molecular complexity index is 539. The molecule has 0 fully saturated rings. The van der Waals surface area contributed by atoms with E-state index in [1.54, 1.807) is 19.1 Å². The van der Waals surface area contributed by atoms with Crippen LogP contribution in [0.4, 0.5) is 0 Å². The Morgan fingerprint density at radius 2 is 2.13 bits per heavy atom. The molecule has 0 spiro atoms. The van der Waals surface area contributed by atoms with Crippen molar-refractivity contribution in [2.75, 3.05) is 5.75 Å². The number of sulfone groups is 1. The molecule has 0 radical (unpaired) electrons. The Morgan fingerprint density at radius 1 is 1.47 bits per heavy atom. The monoisotopic (exact) mass is 245 g/mol. The highest BCUT2D eigenvalue weighted by atomic mass is 35.5. The molecular formula is C9H8ClNO3S. The lowest BCUT2D eigenvalue weighted by Gasteiger charge is -2.05. The largest absolute Gasteiger partial charge is 0.224 e. The zero-order chi connectivity index (χ0) is 11.2. The van der Waals surface area contributed by atoms with Crippen molar-refractivity contribution in [3.05, 3.63) is 33.2 Å². The molecule has 1 aromatic carbocycles. The highest BCUT2D eigenvalue weighted by Crippen LogP contribution is 2.39. The highest BCUT2D eigenvalue weighted by molar-refractivity contribution is 7.91. The van der Waals surface area contributed by atoms with Crippen LogP contribution in [0.2, 0.25) is 5.02 Å². The van der Waals surface area contributed by atoms with Crippen LogP contribution in [-0.4, -0.2) is 14.2 Å². The van der Waals surface area contributed by atoms with Gasteiger partial charge in [0.05, 0.1) is 10.6 Å². The molecule has 80 valence electrons. The average Bonchev–Trinajstić information content (AvgIpc) is 2.44. The lowest BCUT2D eigenvalue weighted by atomic mass is 10.1. The van der Waals surface area contributed by atoms with E-state index < -0.39 is 15.9 Å². The lowest BCUT2D eigenvalue weighted by molar-refractivity contribution is 0.597. The predicted octanol–water partition coefficient (Wildman–Crippen LogP) is 2.24. The van der Waals surface area contributed by atoms with E-state index in [2.05, 4.69) is 5.18 Å². The molecule has 1 atom stereocenters. The number of hydrogen-bond acceptors (Lipinski definition) is 4. The van der Waals surface area contributed by atoms with E-state index in [0.717, 1.165) is 0 Å². The van der Waals surface area contributed by atoms with E-state index in [9.17, 15) is 13.3 Å². The normalized spacial score (nSPS) is 22.4. The number of fused-ring (bicyclic) bond motifs is 1. The van der Waals surface area contributed by atoms with Crippen LogP contribution in [0.3, 0.4) is 0 Å². The van der Waals surface area contributed by atoms with Gasteiger partial charge >= 0.3 is 0 Å². The SMILES string of the molecule is Cc1c(Cl)ccc2c1S(=O)(=O)CC2N=O. The van der Waals surface area contributed by atoms with Crippen molar-refractivity contribution < 1.29 is 8.42 Å². The third kappa shape index (κ3) is 1.46. The zero-order valence-electron chi connectivity index (χ0n) is 7.90. The molecule has 0 aliphatic carbocycles. The number of nitroso groups, excluding NO2 is 1. The molecule has 0 bridgehead atoms. The van der Waals surface area contributed by atoms with Crippen LogP contribution >= 0.6 is 11.6 Å². The summed E-state index contributed by atoms with van der Waals surface area (Å²) >= 11 is 5.84. The first-order valence-electron chi connectivity index (χ1n) is 4.31. The number of halogens is 1. The van der Waals surface area contributed by atoms with E-state index in [4.69, 9.17) is 11.6 Å². The molecule has 6 heteroatoms. The Hall–Kier alpha value is -0.940. The molecule has 0 amide bonds. The van der Waals surface area contributed by atoms with Crippen LogP contribution < -0.4 is 0 Å². The topological polar surface area (TPSA) is 63.6 Å². The van der Waals surface area contributed by atoms with Gasteiger partial charge in [0.15, 0.2) is 9.84 Å². The molecule has 15 heavy (non-hydrogen) atoms. The van der Waals surface area contributed by atoms with Gasteiger partial charge in [-0.25, -0.2) is 8.42 Å². The van der Waals surface area contributed by atoms with Gasteiger partial charge in [0.25, 0.3) is 0 Å². The Kier molecular flexibility index (Phi) is 2.31. The molecule has 1 aliphatic rings. The van der Waals surface area contributed by atoms with Crippen LogP contribution in [-0.2, 0) is 9.84 Å². The summed E-state index contributed by atoms with van der Waals surface area (Å²) in [5, 5.41) is 3.22. The summed E-state index contributed by atoms with van der Waals surface area (Å²) < 4.78 is 23.5. The van der Waals surface area contributed by atoms with Gasteiger partial charge in [-0.1, -0.05) is 22.8 Å². The third-order valence-corrected chi connectivity index (χ3v) is 4.87. The summed E-state index contributed by atoms with van der Waals surface area (Å²) in [6, 6.07) is 2.36. The van der Waals surface area contributed by atoms with E-state index >= 15 is 0 Å². The maximum atomic E-state index is 11.7. The minimum Gasteiger partial charge on any atom is -0.224 e. The molecule has 2 rings (SSSR count). The molecule has 1 aliphatic heterocycles. The Balaban J connectivity index is 2.81. The first kappa shape index (κ1) is 10.6. The number of rotatable bonds is 1. The van der Waals surface area contributed by atoms with Gasteiger partial charge in [-0.05, 0) is 18.6 Å². The number of nitrogens with zero attached hydrogens (tertiary/aromatic N) is 1. The third-order valence-electron chi connectivity index (χ3n) is 2.54. The van der Waals surface area contributed by atoms with Crippen molar-refractivity contribution in [2.45, 2.75) is 17.9 Å². The van der Waals surface area contributed by atoms with Crippen LogP contribution in [0.1, 0.15) is 17.2 Å². The number of benzene rings is 1. The van der Waals surface area contributed by atoms with Crippen LogP contribution in [0.15, 0.2) is 22.2 Å². The Labute approximate surface area is 92.1 Å². The van der Waals surface area contributed by atoms with Gasteiger partial charge in [-0.3, -0.25) is 0 Å². The fraction of sp³-hybridized carbons (Fsp3) is 0.333. The second kappa shape index (κ2) is 3.28. The summed E-state index contributed by atoms with van der Waals surface area (Å²) in [5.74, 6) is -0.243. The first-order valence-corrected chi connectivity index (χ1v) is 6.34. The van der Waals surface area contributed by atoms with Gasteiger partial charge in [0.1, 0.15) is 6.04 Å². The van der Waals surface area contributed by atoms with Crippen LogP contribution in [0.5, 0.6) is 0 Å². The highest BCUT2D eigenvalue weighted by Gasteiger charge is 2.37. The molecular weight excluding hydrogens is 238 g/mol. The van der Waals surface area contributed by atoms with Crippen molar-refractivity contribution in [2.24, 2.45) is 5.18 Å². The van der Waals surface area contributed by atoms with Gasteiger partial charge in [-0.2, -0.15) is 4.91 Å². The second-order valence-electron chi connectivity index (χ2n) is 3.49. The van der Waals surface area contributed by atoms with E-state index in [0.29, 0.717) is 16.1 Å². The molecule has 0 N–H and O–H groups in total. The smallest absolute Gasteiger partial charge is 0.181 e. The summed E-state index contributed by atoms with van der Waals surface area (Å²) in [7, 11) is -3.40. The first-order chi connectivity index (χ1) is 6.97. The summed E-state index contributed by atoms with van der Waals surface area (Å²) in [6.07, 6.45) is 0. The summed E-state index contributed by atoms with van der Waals surface area (Å²) in [5.41, 5.74) is 0.965. The molecule has 1 heterocycles. The standard InChI is InChI=1S/C9H8ClNO3S/c1-5-7(10)3-2-6-8(11-12)4-15(13,14)9(5)6/h2-3,8H,4H2,1H3. The minimum absolute atomic E-state index is 0.180. The van der Waals surface area contributed by atoms with Crippen molar-refractivity contribution in [1.82, 2.24) is 0 Å². The fourth-order valence-electron chi connectivity index (χ4n) is 1.83. The molecule has 1 aromatic rings. The molecule has 0 aromatic heterocycles. The second-order valence-corrected chi connectivity index (χ2v) is 5.87. The van der Waals surface area contributed by atoms with E-state index in [1.807, 2.05) is 0 Å². The van der Waals surface area contributed by atoms with E-state index in [1.165, 1.54) is 0 Å². The van der Waals surface area contributed by atoms with E-state index in [-0.39, 0.29) is 10.6 Å². The molecule has 0 saturated carbocycles. The number of hydrogen-bond donors (Lipinski definition) is 0. The molecule has 1 unspecified atom stereocenters. The van der Waals surface area contributed by atoms with Gasteiger partial charge in [0, 0.05) is 10.6 Å². The maximum absolute atomic E-state index is 11.7. The quantitative estimate of drug-likeness (QED) is 0.713. The Morgan fingerprint density at radius 3 is 2.73 bits per heavy atom. The van der Waals surface area contributed by atoms with Crippen molar-refractivity contribution in [3.63, 3.8) is 0 Å². The fourth-order valence-corrected chi connectivity index (χ4v) is 4.01. The minimum atomic E-state index is -3.40. The summed E-state index contributed by atoms with van der Waals surface area (Å²) in [6.45, 7) is 1.63. The van der Waals surface area contributed by atoms with Crippen LogP contribution in [0.25, 0.3) is 0 Å². The van der Waals surface area contributed by atoms with Crippen molar-refractivity contribution in [1.29, 1.82) is 0 Å². The van der Waals surface area contributed by atoms with Crippen LogP contribution in [0, 0.1) is 11.8 Å². The molecule has 4 nitrogen and oxygen atoms in total.